The quantitative estimate of drug-likeness (QED) is 0.407. The van der Waals surface area contributed by atoms with Crippen molar-refractivity contribution in [1.82, 2.24) is 10.0 Å². The standard InChI is InChI=1S/C23H29FN2O6S2/c1-23(34(3,29)30,22(28)25-32-21-6-4-5-13-31-21)11-12-26-15-19(24)18(14-20(26)27)16-7-9-17(33-2)10-8-16/h7-10,14-15,21H,4-6,11-13H2,1-3H3,(H,25,28)/t21?,23-/m1/s1. The summed E-state index contributed by atoms with van der Waals surface area (Å²) in [7, 11) is -3.91. The molecular weight excluding hydrogens is 483 g/mol. The van der Waals surface area contributed by atoms with E-state index in [0.717, 1.165) is 34.8 Å². The van der Waals surface area contributed by atoms with Gasteiger partial charge < -0.3 is 9.30 Å². The van der Waals surface area contributed by atoms with Crippen LogP contribution < -0.4 is 11.0 Å². The van der Waals surface area contributed by atoms with Crippen LogP contribution in [0.15, 0.2) is 46.2 Å². The molecule has 0 spiro atoms. The number of carbonyl (C=O) groups is 1. The van der Waals surface area contributed by atoms with Crippen molar-refractivity contribution in [2.24, 2.45) is 0 Å². The van der Waals surface area contributed by atoms with Crippen LogP contribution in [-0.2, 0) is 30.8 Å². The summed E-state index contributed by atoms with van der Waals surface area (Å²) < 4.78 is 44.4. The highest BCUT2D eigenvalue weighted by Gasteiger charge is 2.44. The van der Waals surface area contributed by atoms with Crippen molar-refractivity contribution in [3.05, 3.63) is 52.7 Å². The fourth-order valence-electron chi connectivity index (χ4n) is 3.54. The molecule has 1 aliphatic heterocycles. The number of rotatable bonds is 9. The smallest absolute Gasteiger partial charge is 0.264 e. The molecule has 0 radical (unpaired) electrons. The third kappa shape index (κ3) is 6.07. The third-order valence-electron chi connectivity index (χ3n) is 6.03. The van der Waals surface area contributed by atoms with Crippen LogP contribution in [0.5, 0.6) is 0 Å². The highest BCUT2D eigenvalue weighted by atomic mass is 32.2. The number of thioether (sulfide) groups is 1. The summed E-state index contributed by atoms with van der Waals surface area (Å²) in [4.78, 5) is 31.7. The number of hydrogen-bond acceptors (Lipinski definition) is 7. The summed E-state index contributed by atoms with van der Waals surface area (Å²) in [6, 6.07) is 8.30. The van der Waals surface area contributed by atoms with Gasteiger partial charge in [-0.15, -0.1) is 11.8 Å². The first kappa shape index (κ1) is 26.4. The average Bonchev–Trinajstić information content (AvgIpc) is 2.82. The zero-order chi connectivity index (χ0) is 24.9. The number of aryl methyl sites for hydroxylation is 1. The first-order chi connectivity index (χ1) is 16.0. The van der Waals surface area contributed by atoms with Gasteiger partial charge in [0.1, 0.15) is 5.82 Å². The van der Waals surface area contributed by atoms with E-state index in [4.69, 9.17) is 9.57 Å². The number of pyridine rings is 1. The van der Waals surface area contributed by atoms with E-state index in [-0.39, 0.29) is 18.5 Å². The van der Waals surface area contributed by atoms with Crippen LogP contribution in [-0.4, -0.2) is 49.0 Å². The number of ether oxygens (including phenoxy) is 1. The Kier molecular flexibility index (Phi) is 8.56. The predicted octanol–water partition coefficient (Wildman–Crippen LogP) is 3.14. The maximum Gasteiger partial charge on any atom is 0.264 e. The number of benzene rings is 1. The molecule has 1 aromatic carbocycles. The summed E-state index contributed by atoms with van der Waals surface area (Å²) in [6.07, 6.45) is 5.34. The van der Waals surface area contributed by atoms with Gasteiger partial charge in [0.25, 0.3) is 11.5 Å². The van der Waals surface area contributed by atoms with E-state index in [1.54, 1.807) is 23.9 Å². The molecule has 2 heterocycles. The number of sulfone groups is 1. The number of aromatic nitrogens is 1. The lowest BCUT2D eigenvalue weighted by molar-refractivity contribution is -0.201. The minimum Gasteiger partial charge on any atom is -0.350 e. The summed E-state index contributed by atoms with van der Waals surface area (Å²) in [6.45, 7) is 1.57. The predicted molar refractivity (Wildman–Crippen MR) is 129 cm³/mol. The highest BCUT2D eigenvalue weighted by molar-refractivity contribution is 7.98. The average molecular weight is 513 g/mol. The van der Waals surface area contributed by atoms with Gasteiger partial charge in [-0.3, -0.25) is 9.59 Å². The zero-order valence-corrected chi connectivity index (χ0v) is 21.0. The van der Waals surface area contributed by atoms with Crippen LogP contribution in [0.3, 0.4) is 0 Å². The Morgan fingerprint density at radius 2 is 2.03 bits per heavy atom. The lowest BCUT2D eigenvalue weighted by Crippen LogP contribution is -2.51. The molecule has 0 bridgehead atoms. The molecule has 1 unspecified atom stereocenters. The molecule has 8 nitrogen and oxygen atoms in total. The zero-order valence-electron chi connectivity index (χ0n) is 19.4. The van der Waals surface area contributed by atoms with Crippen LogP contribution >= 0.6 is 11.8 Å². The van der Waals surface area contributed by atoms with Gasteiger partial charge in [-0.2, -0.15) is 0 Å². The molecule has 1 N–H and O–H groups in total. The highest BCUT2D eigenvalue weighted by Crippen LogP contribution is 2.26. The second-order valence-corrected chi connectivity index (χ2v) is 11.7. The number of nitrogens with one attached hydrogen (secondary N) is 1. The van der Waals surface area contributed by atoms with Crippen LogP contribution in [0.4, 0.5) is 4.39 Å². The van der Waals surface area contributed by atoms with E-state index < -0.39 is 38.2 Å². The number of amides is 1. The van der Waals surface area contributed by atoms with Crippen LogP contribution in [0.2, 0.25) is 0 Å². The third-order valence-corrected chi connectivity index (χ3v) is 8.80. The summed E-state index contributed by atoms with van der Waals surface area (Å²) in [5.41, 5.74) is 2.40. The van der Waals surface area contributed by atoms with Crippen molar-refractivity contribution in [3.8, 4) is 11.1 Å². The Balaban J connectivity index is 1.76. The summed E-state index contributed by atoms with van der Waals surface area (Å²) in [5.74, 6) is -1.50. The number of hydroxylamine groups is 1. The van der Waals surface area contributed by atoms with E-state index >= 15 is 0 Å². The van der Waals surface area contributed by atoms with Crippen LogP contribution in [0.25, 0.3) is 11.1 Å². The van der Waals surface area contributed by atoms with Crippen molar-refractivity contribution < 1.29 is 27.2 Å². The van der Waals surface area contributed by atoms with Gasteiger partial charge in [0.05, 0.1) is 0 Å². The largest absolute Gasteiger partial charge is 0.350 e. The maximum absolute atomic E-state index is 14.8. The first-order valence-electron chi connectivity index (χ1n) is 10.9. The molecule has 0 aliphatic carbocycles. The van der Waals surface area contributed by atoms with Crippen molar-refractivity contribution >= 4 is 27.5 Å². The Morgan fingerprint density at radius 1 is 1.32 bits per heavy atom. The van der Waals surface area contributed by atoms with Crippen molar-refractivity contribution in [2.45, 2.75) is 55.1 Å². The minimum absolute atomic E-state index is 0.151. The second-order valence-electron chi connectivity index (χ2n) is 8.39. The molecule has 3 rings (SSSR count). The van der Waals surface area contributed by atoms with Gasteiger partial charge in [-0.05, 0) is 50.1 Å². The van der Waals surface area contributed by atoms with E-state index in [1.807, 2.05) is 18.4 Å². The van der Waals surface area contributed by atoms with Crippen molar-refractivity contribution in [3.63, 3.8) is 0 Å². The van der Waals surface area contributed by atoms with Gasteiger partial charge in [0, 0.05) is 48.6 Å². The van der Waals surface area contributed by atoms with Gasteiger partial charge in [-0.1, -0.05) is 12.1 Å². The monoisotopic (exact) mass is 512 g/mol. The van der Waals surface area contributed by atoms with Gasteiger partial charge in [0.2, 0.25) is 0 Å². The SMILES string of the molecule is CSc1ccc(-c2cc(=O)n(CC[C@](C)(C(=O)NOC3CCCCO3)S(C)(=O)=O)cc2F)cc1. The molecule has 1 amide bonds. The van der Waals surface area contributed by atoms with Gasteiger partial charge >= 0.3 is 0 Å². The van der Waals surface area contributed by atoms with Crippen molar-refractivity contribution in [1.29, 1.82) is 0 Å². The lowest BCUT2D eigenvalue weighted by atomic mass is 10.1. The molecular formula is C23H29FN2O6S2. The second kappa shape index (κ2) is 11.0. The molecule has 186 valence electrons. The Bertz CT molecular complexity index is 1180. The van der Waals surface area contributed by atoms with Gasteiger partial charge in [-0.25, -0.2) is 23.1 Å². The molecule has 1 fully saturated rings. The molecule has 11 heteroatoms. The lowest BCUT2D eigenvalue weighted by Gasteiger charge is -2.28. The maximum atomic E-state index is 14.8. The Morgan fingerprint density at radius 3 is 2.62 bits per heavy atom. The number of hydrogen-bond donors (Lipinski definition) is 1. The van der Waals surface area contributed by atoms with E-state index in [2.05, 4.69) is 5.48 Å². The Labute approximate surface area is 202 Å². The fraction of sp³-hybridized carbons (Fsp3) is 0.478. The normalized spacial score (nSPS) is 18.3. The van der Waals surface area contributed by atoms with E-state index in [1.165, 1.54) is 13.0 Å². The first-order valence-corrected chi connectivity index (χ1v) is 14.0. The number of nitrogens with zero attached hydrogens (tertiary/aromatic N) is 1. The van der Waals surface area contributed by atoms with Crippen molar-refractivity contribution in [2.75, 3.05) is 19.1 Å². The van der Waals surface area contributed by atoms with E-state index in [0.29, 0.717) is 18.6 Å². The molecule has 1 aromatic heterocycles. The topological polar surface area (TPSA) is 104 Å². The van der Waals surface area contributed by atoms with E-state index in [9.17, 15) is 22.4 Å². The number of carbonyl (C=O) groups excluding carboxylic acids is 1. The molecule has 34 heavy (non-hydrogen) atoms. The molecule has 1 saturated heterocycles. The van der Waals surface area contributed by atoms with Gasteiger partial charge in [0.15, 0.2) is 20.9 Å². The molecule has 1 aliphatic rings. The summed E-state index contributed by atoms with van der Waals surface area (Å²) in [5, 5.41) is 0. The molecule has 0 saturated carbocycles. The van der Waals surface area contributed by atoms with Crippen LogP contribution in [0.1, 0.15) is 32.6 Å². The molecule has 2 aromatic rings. The number of halogens is 1. The minimum atomic E-state index is -3.91. The fourth-order valence-corrected chi connectivity index (χ4v) is 4.79. The molecule has 2 atom stereocenters. The summed E-state index contributed by atoms with van der Waals surface area (Å²) >= 11 is 1.55. The van der Waals surface area contributed by atoms with Crippen LogP contribution in [0, 0.1) is 5.82 Å². The Hall–Kier alpha value is -2.21.